The first-order valence-electron chi connectivity index (χ1n) is 10.2. The quantitative estimate of drug-likeness (QED) is 0.458. The molecule has 32 heavy (non-hydrogen) atoms. The minimum Gasteiger partial charge on any atom is -0.352 e. The van der Waals surface area contributed by atoms with Crippen LogP contribution in [0.4, 0.5) is 3.89 Å². The molecule has 3 rings (SSSR count). The van der Waals surface area contributed by atoms with Crippen molar-refractivity contribution in [2.24, 2.45) is 0 Å². The third-order valence-electron chi connectivity index (χ3n) is 4.85. The van der Waals surface area contributed by atoms with Gasteiger partial charge in [-0.3, -0.25) is 18.7 Å². The molecule has 0 spiro atoms. The summed E-state index contributed by atoms with van der Waals surface area (Å²) in [4.78, 5) is 44.5. The lowest BCUT2D eigenvalue weighted by Crippen LogP contribution is -2.40. The summed E-state index contributed by atoms with van der Waals surface area (Å²) in [5, 5.41) is 2.65. The van der Waals surface area contributed by atoms with Crippen LogP contribution in [0.1, 0.15) is 42.9 Å². The third kappa shape index (κ3) is 4.79. The monoisotopic (exact) mass is 465 g/mol. The summed E-state index contributed by atoms with van der Waals surface area (Å²) < 4.78 is 37.3. The summed E-state index contributed by atoms with van der Waals surface area (Å²) in [5.74, 6) is -0.0353. The first kappa shape index (κ1) is 23.4. The molecular formula is C20H24FN5O5S. The maximum atomic E-state index is 12.9. The molecule has 10 nitrogen and oxygen atoms in total. The molecule has 0 aliphatic rings. The first-order valence-corrected chi connectivity index (χ1v) is 11.6. The van der Waals surface area contributed by atoms with Gasteiger partial charge in [-0.05, 0) is 37.1 Å². The van der Waals surface area contributed by atoms with Crippen LogP contribution < -0.4 is 16.6 Å². The summed E-state index contributed by atoms with van der Waals surface area (Å²) in [6, 6.07) is 4.45. The Kier molecular flexibility index (Phi) is 6.92. The fourth-order valence-corrected chi connectivity index (χ4v) is 3.81. The zero-order chi connectivity index (χ0) is 23.5. The number of carbonyl (C=O) groups is 1. The van der Waals surface area contributed by atoms with Crippen molar-refractivity contribution in [3.63, 3.8) is 0 Å². The van der Waals surface area contributed by atoms with Crippen molar-refractivity contribution in [2.45, 2.75) is 51.1 Å². The van der Waals surface area contributed by atoms with E-state index in [0.29, 0.717) is 37.4 Å². The fourth-order valence-electron chi connectivity index (χ4n) is 3.34. The smallest absolute Gasteiger partial charge is 0.332 e. The average molecular weight is 466 g/mol. The van der Waals surface area contributed by atoms with Crippen molar-refractivity contribution in [3.8, 4) is 0 Å². The summed E-state index contributed by atoms with van der Waals surface area (Å²) in [6.45, 7) is 4.70. The largest absolute Gasteiger partial charge is 0.352 e. The Morgan fingerprint density at radius 1 is 1.09 bits per heavy atom. The summed E-state index contributed by atoms with van der Waals surface area (Å²) >= 11 is 0. The van der Waals surface area contributed by atoms with Crippen LogP contribution in [0.3, 0.4) is 0 Å². The number of rotatable bonds is 9. The van der Waals surface area contributed by atoms with Crippen molar-refractivity contribution in [3.05, 3.63) is 56.5 Å². The van der Waals surface area contributed by atoms with Gasteiger partial charge < -0.3 is 10.3 Å². The standard InChI is InChI=1S/C20H24FN5O5S/c1-3-11-25-17-16(19(28)26(12-4-2)20(25)29)23-15(24-17)9-10-22-18(27)13-5-7-14(8-6-13)32(21,30)31/h5-8H,3-4,9-12H2,1-2H3,(H,22,27)(H,23,24). The molecular weight excluding hydrogens is 441 g/mol. The predicted molar refractivity (Wildman–Crippen MR) is 116 cm³/mol. The minimum atomic E-state index is -4.83. The number of benzene rings is 1. The molecule has 2 heterocycles. The van der Waals surface area contributed by atoms with Crippen molar-refractivity contribution in [2.75, 3.05) is 6.54 Å². The van der Waals surface area contributed by atoms with Gasteiger partial charge >= 0.3 is 15.9 Å². The van der Waals surface area contributed by atoms with E-state index in [2.05, 4.69) is 15.3 Å². The van der Waals surface area contributed by atoms with E-state index in [4.69, 9.17) is 0 Å². The Morgan fingerprint density at radius 2 is 1.72 bits per heavy atom. The molecule has 12 heteroatoms. The Bertz CT molecular complexity index is 1360. The second-order valence-corrected chi connectivity index (χ2v) is 8.59. The van der Waals surface area contributed by atoms with Gasteiger partial charge in [-0.1, -0.05) is 13.8 Å². The summed E-state index contributed by atoms with van der Waals surface area (Å²) in [6.07, 6.45) is 1.60. The third-order valence-corrected chi connectivity index (χ3v) is 5.69. The number of nitrogens with one attached hydrogen (secondary N) is 2. The molecule has 0 aliphatic carbocycles. The summed E-state index contributed by atoms with van der Waals surface area (Å²) in [5.41, 5.74) is -0.114. The number of carbonyl (C=O) groups excluding carboxylic acids is 1. The van der Waals surface area contributed by atoms with Crippen molar-refractivity contribution in [1.82, 2.24) is 24.4 Å². The van der Waals surface area contributed by atoms with Crippen LogP contribution in [0.25, 0.3) is 11.2 Å². The highest BCUT2D eigenvalue weighted by Crippen LogP contribution is 2.13. The lowest BCUT2D eigenvalue weighted by Gasteiger charge is -2.09. The normalized spacial score (nSPS) is 11.7. The molecule has 3 aromatic rings. The zero-order valence-corrected chi connectivity index (χ0v) is 18.5. The number of H-pyrrole nitrogens is 1. The molecule has 1 aromatic carbocycles. The van der Waals surface area contributed by atoms with Crippen LogP contribution in [0, 0.1) is 0 Å². The van der Waals surface area contributed by atoms with Gasteiger partial charge in [-0.25, -0.2) is 9.78 Å². The van der Waals surface area contributed by atoms with Gasteiger partial charge in [-0.2, -0.15) is 8.42 Å². The molecule has 0 radical (unpaired) electrons. The Labute approximate surface area is 183 Å². The molecule has 0 saturated carbocycles. The molecule has 0 aliphatic heterocycles. The summed E-state index contributed by atoms with van der Waals surface area (Å²) in [7, 11) is -4.83. The van der Waals surface area contributed by atoms with E-state index < -0.39 is 32.3 Å². The number of hydrogen-bond donors (Lipinski definition) is 2. The molecule has 0 unspecified atom stereocenters. The van der Waals surface area contributed by atoms with Gasteiger partial charge in [-0.15, -0.1) is 3.89 Å². The number of imidazole rings is 1. The Hall–Kier alpha value is -3.28. The number of aromatic amines is 1. The lowest BCUT2D eigenvalue weighted by molar-refractivity contribution is 0.0954. The van der Waals surface area contributed by atoms with Crippen LogP contribution in [0.15, 0.2) is 38.8 Å². The number of aromatic nitrogens is 4. The van der Waals surface area contributed by atoms with E-state index in [1.54, 1.807) is 0 Å². The number of hydrogen-bond acceptors (Lipinski definition) is 6. The van der Waals surface area contributed by atoms with E-state index in [-0.39, 0.29) is 24.0 Å². The highest BCUT2D eigenvalue weighted by molar-refractivity contribution is 7.86. The first-order chi connectivity index (χ1) is 15.2. The fraction of sp³-hybridized carbons (Fsp3) is 0.400. The van der Waals surface area contributed by atoms with E-state index in [1.165, 1.54) is 21.3 Å². The predicted octanol–water partition coefficient (Wildman–Crippen LogP) is 1.34. The molecule has 0 saturated heterocycles. The highest BCUT2D eigenvalue weighted by Gasteiger charge is 2.17. The maximum absolute atomic E-state index is 12.9. The Morgan fingerprint density at radius 3 is 2.31 bits per heavy atom. The van der Waals surface area contributed by atoms with E-state index >= 15 is 0 Å². The average Bonchev–Trinajstić information content (AvgIpc) is 3.18. The van der Waals surface area contributed by atoms with Gasteiger partial charge in [0.25, 0.3) is 11.5 Å². The minimum absolute atomic E-state index is 0.168. The second kappa shape index (κ2) is 9.47. The van der Waals surface area contributed by atoms with Gasteiger partial charge in [0.05, 0.1) is 4.90 Å². The van der Waals surface area contributed by atoms with E-state index in [1.807, 2.05) is 13.8 Å². The molecule has 1 amide bonds. The van der Waals surface area contributed by atoms with Gasteiger partial charge in [0.2, 0.25) is 0 Å². The number of amides is 1. The number of halogens is 1. The van der Waals surface area contributed by atoms with Gasteiger partial charge in [0.1, 0.15) is 11.3 Å². The van der Waals surface area contributed by atoms with Crippen LogP contribution in [0.5, 0.6) is 0 Å². The number of nitrogens with zero attached hydrogens (tertiary/aromatic N) is 3. The van der Waals surface area contributed by atoms with Crippen molar-refractivity contribution >= 4 is 27.3 Å². The van der Waals surface area contributed by atoms with Crippen LogP contribution >= 0.6 is 0 Å². The lowest BCUT2D eigenvalue weighted by atomic mass is 10.2. The molecule has 0 atom stereocenters. The van der Waals surface area contributed by atoms with Gasteiger partial charge in [0, 0.05) is 31.6 Å². The SMILES string of the molecule is CCCn1c(=O)c2[nH]c(CCNC(=O)c3ccc(S(=O)(=O)F)cc3)nc2n(CCC)c1=O. The maximum Gasteiger partial charge on any atom is 0.332 e. The van der Waals surface area contributed by atoms with Crippen molar-refractivity contribution < 1.29 is 17.1 Å². The van der Waals surface area contributed by atoms with E-state index in [9.17, 15) is 26.7 Å². The van der Waals surface area contributed by atoms with Crippen LogP contribution in [0.2, 0.25) is 0 Å². The number of aryl methyl sites for hydroxylation is 1. The highest BCUT2D eigenvalue weighted by atomic mass is 32.3. The molecule has 172 valence electrons. The van der Waals surface area contributed by atoms with Gasteiger partial charge in [0.15, 0.2) is 5.65 Å². The van der Waals surface area contributed by atoms with E-state index in [0.717, 1.165) is 12.1 Å². The van der Waals surface area contributed by atoms with Crippen LogP contribution in [-0.4, -0.2) is 40.0 Å². The molecule has 0 fully saturated rings. The zero-order valence-electron chi connectivity index (χ0n) is 17.7. The Balaban J connectivity index is 1.77. The number of fused-ring (bicyclic) bond motifs is 1. The molecule has 0 bridgehead atoms. The molecule has 2 N–H and O–H groups in total. The molecule has 2 aromatic heterocycles. The van der Waals surface area contributed by atoms with Crippen molar-refractivity contribution in [1.29, 1.82) is 0 Å². The second-order valence-electron chi connectivity index (χ2n) is 7.24. The topological polar surface area (TPSA) is 136 Å². The van der Waals surface area contributed by atoms with Crippen LogP contribution in [-0.2, 0) is 29.7 Å².